The highest BCUT2D eigenvalue weighted by molar-refractivity contribution is 8.33. The Balaban J connectivity index is 1.69. The molecular weight excluding hydrogens is 315 g/mol. The third kappa shape index (κ3) is 3.46. The zero-order valence-corrected chi connectivity index (χ0v) is 12.8. The van der Waals surface area contributed by atoms with Gasteiger partial charge in [0.1, 0.15) is 5.82 Å². The fourth-order valence-electron chi connectivity index (χ4n) is 1.37. The summed E-state index contributed by atoms with van der Waals surface area (Å²) < 4.78 is 15.4. The molecule has 0 aliphatic carbocycles. The van der Waals surface area contributed by atoms with Gasteiger partial charge in [-0.05, 0) is 40.5 Å². The summed E-state index contributed by atoms with van der Waals surface area (Å²) in [4.78, 5) is 1.05. The van der Waals surface area contributed by atoms with Gasteiger partial charge in [-0.15, -0.1) is 0 Å². The Morgan fingerprint density at radius 3 is 2.32 bits per heavy atom. The predicted octanol–water partition coefficient (Wildman–Crippen LogP) is 5.58. The smallest absolute Gasteiger partial charge is 0.123 e. The van der Waals surface area contributed by atoms with Gasteiger partial charge in [-0.1, -0.05) is 58.9 Å². The summed E-state index contributed by atoms with van der Waals surface area (Å²) in [5, 5.41) is 6.26. The molecule has 1 aromatic rings. The van der Waals surface area contributed by atoms with Crippen LogP contribution in [0.2, 0.25) is 0 Å². The molecule has 5 heteroatoms. The molecule has 0 fully saturated rings. The average Bonchev–Trinajstić information content (AvgIpc) is 3.09. The van der Waals surface area contributed by atoms with E-state index in [0.717, 1.165) is 10.5 Å². The molecule has 0 unspecified atom stereocenters. The maximum absolute atomic E-state index is 12.8. The molecule has 0 aromatic heterocycles. The molecule has 2 aliphatic rings. The first kappa shape index (κ1) is 13.3. The van der Waals surface area contributed by atoms with Gasteiger partial charge in [-0.25, -0.2) is 4.39 Å². The predicted molar refractivity (Wildman–Crippen MR) is 87.9 cm³/mol. The standard InChI is InChI=1S/C14H7FS4/c15-11-4-1-10(2-5-11)3-6-12-9-18-14(19-12)13-16-7-8-17-13/h1-2,4-5,7-9H. The molecule has 2 aliphatic heterocycles. The molecule has 0 atom stereocenters. The van der Waals surface area contributed by atoms with Crippen molar-refractivity contribution in [3.05, 3.63) is 65.2 Å². The molecule has 94 valence electrons. The van der Waals surface area contributed by atoms with Crippen molar-refractivity contribution in [2.45, 2.75) is 0 Å². The SMILES string of the molecule is Fc1ccc(C#CC2=CSC(=C3SC=CS3)S2)cc1. The lowest BCUT2D eigenvalue weighted by atomic mass is 10.2. The summed E-state index contributed by atoms with van der Waals surface area (Å²) in [6, 6.07) is 6.25. The third-order valence-corrected chi connectivity index (χ3v) is 7.16. The minimum Gasteiger partial charge on any atom is -0.207 e. The van der Waals surface area contributed by atoms with E-state index < -0.39 is 0 Å². The maximum Gasteiger partial charge on any atom is 0.123 e. The number of hydrogen-bond donors (Lipinski definition) is 0. The van der Waals surface area contributed by atoms with E-state index >= 15 is 0 Å². The second-order valence-electron chi connectivity index (χ2n) is 3.54. The Morgan fingerprint density at radius 2 is 1.58 bits per heavy atom. The van der Waals surface area contributed by atoms with Crippen molar-refractivity contribution < 1.29 is 4.39 Å². The topological polar surface area (TPSA) is 0 Å². The van der Waals surface area contributed by atoms with E-state index in [1.165, 1.54) is 20.6 Å². The summed E-state index contributed by atoms with van der Waals surface area (Å²) >= 11 is 6.94. The van der Waals surface area contributed by atoms with E-state index in [1.54, 1.807) is 59.2 Å². The third-order valence-electron chi connectivity index (χ3n) is 2.22. The van der Waals surface area contributed by atoms with E-state index in [2.05, 4.69) is 28.1 Å². The van der Waals surface area contributed by atoms with E-state index in [-0.39, 0.29) is 5.82 Å². The van der Waals surface area contributed by atoms with Crippen LogP contribution in [0.1, 0.15) is 5.56 Å². The van der Waals surface area contributed by atoms with Gasteiger partial charge in [0.15, 0.2) is 0 Å². The molecule has 0 nitrogen and oxygen atoms in total. The molecule has 0 saturated carbocycles. The van der Waals surface area contributed by atoms with Gasteiger partial charge < -0.3 is 0 Å². The molecule has 0 amide bonds. The minimum atomic E-state index is -0.231. The van der Waals surface area contributed by atoms with E-state index in [1.807, 2.05) is 0 Å². The van der Waals surface area contributed by atoms with Crippen molar-refractivity contribution >= 4 is 47.0 Å². The van der Waals surface area contributed by atoms with Crippen LogP contribution in [0.4, 0.5) is 4.39 Å². The molecule has 0 saturated heterocycles. The lowest BCUT2D eigenvalue weighted by Gasteiger charge is -1.98. The van der Waals surface area contributed by atoms with Crippen LogP contribution in [0.3, 0.4) is 0 Å². The van der Waals surface area contributed by atoms with Crippen molar-refractivity contribution in [2.75, 3.05) is 0 Å². The largest absolute Gasteiger partial charge is 0.207 e. The van der Waals surface area contributed by atoms with E-state index in [9.17, 15) is 4.39 Å². The number of allylic oxidation sites excluding steroid dienone is 1. The van der Waals surface area contributed by atoms with Crippen LogP contribution in [0, 0.1) is 17.7 Å². The molecular formula is C14H7FS4. The molecule has 0 N–H and O–H groups in total. The highest BCUT2D eigenvalue weighted by Crippen LogP contribution is 2.52. The van der Waals surface area contributed by atoms with Crippen LogP contribution >= 0.6 is 47.0 Å². The van der Waals surface area contributed by atoms with Crippen molar-refractivity contribution in [1.82, 2.24) is 0 Å². The van der Waals surface area contributed by atoms with Gasteiger partial charge >= 0.3 is 0 Å². The Hall–Kier alpha value is -0.670. The minimum absolute atomic E-state index is 0.231. The molecule has 2 heterocycles. The summed E-state index contributed by atoms with van der Waals surface area (Å²) in [5.74, 6) is 5.95. The van der Waals surface area contributed by atoms with Crippen LogP contribution in [0.15, 0.2) is 53.9 Å². The lowest BCUT2D eigenvalue weighted by Crippen LogP contribution is -1.76. The first-order valence-corrected chi connectivity index (χ1v) is 8.82. The fourth-order valence-corrected chi connectivity index (χ4v) is 5.62. The van der Waals surface area contributed by atoms with Crippen LogP contribution in [0.5, 0.6) is 0 Å². The monoisotopic (exact) mass is 322 g/mol. The fraction of sp³-hybridized carbons (Fsp3) is 0. The highest BCUT2D eigenvalue weighted by atomic mass is 32.2. The van der Waals surface area contributed by atoms with Crippen LogP contribution in [-0.4, -0.2) is 0 Å². The number of thioether (sulfide) groups is 4. The Labute approximate surface area is 128 Å². The first-order chi connectivity index (χ1) is 9.31. The zero-order chi connectivity index (χ0) is 13.1. The quantitative estimate of drug-likeness (QED) is 0.572. The van der Waals surface area contributed by atoms with Gasteiger partial charge in [0.2, 0.25) is 0 Å². The highest BCUT2D eigenvalue weighted by Gasteiger charge is 2.17. The van der Waals surface area contributed by atoms with Gasteiger partial charge in [-0.3, -0.25) is 0 Å². The number of benzene rings is 1. The normalized spacial score (nSPS) is 17.4. The van der Waals surface area contributed by atoms with Crippen LogP contribution in [-0.2, 0) is 0 Å². The van der Waals surface area contributed by atoms with Crippen molar-refractivity contribution in [3.63, 3.8) is 0 Å². The van der Waals surface area contributed by atoms with Crippen LogP contribution < -0.4 is 0 Å². The summed E-state index contributed by atoms with van der Waals surface area (Å²) in [7, 11) is 0. The Morgan fingerprint density at radius 1 is 0.842 bits per heavy atom. The van der Waals surface area contributed by atoms with Crippen LogP contribution in [0.25, 0.3) is 0 Å². The summed E-state index contributed by atoms with van der Waals surface area (Å²) in [6.45, 7) is 0. The van der Waals surface area contributed by atoms with E-state index in [4.69, 9.17) is 0 Å². The Bertz CT molecular complexity index is 634. The molecule has 0 spiro atoms. The lowest BCUT2D eigenvalue weighted by molar-refractivity contribution is 0.627. The maximum atomic E-state index is 12.8. The Kier molecular flexibility index (Phi) is 4.34. The second kappa shape index (κ2) is 6.19. The van der Waals surface area contributed by atoms with Gasteiger partial charge in [0.25, 0.3) is 0 Å². The van der Waals surface area contributed by atoms with Gasteiger partial charge in [0, 0.05) is 5.56 Å². The van der Waals surface area contributed by atoms with Crippen molar-refractivity contribution in [2.24, 2.45) is 0 Å². The molecule has 0 radical (unpaired) electrons. The van der Waals surface area contributed by atoms with Crippen molar-refractivity contribution in [1.29, 1.82) is 0 Å². The number of hydrogen-bond acceptors (Lipinski definition) is 4. The zero-order valence-electron chi connectivity index (χ0n) is 9.55. The molecule has 19 heavy (non-hydrogen) atoms. The van der Waals surface area contributed by atoms with Gasteiger partial charge in [-0.2, -0.15) is 0 Å². The number of rotatable bonds is 0. The molecule has 1 aromatic carbocycles. The molecule has 3 rings (SSSR count). The average molecular weight is 322 g/mol. The van der Waals surface area contributed by atoms with Crippen molar-refractivity contribution in [3.8, 4) is 11.8 Å². The first-order valence-electron chi connectivity index (χ1n) is 5.36. The molecule has 0 bridgehead atoms. The number of halogens is 1. The summed E-state index contributed by atoms with van der Waals surface area (Å²) in [5.41, 5.74) is 0.834. The second-order valence-corrected chi connectivity index (χ2v) is 7.82. The summed E-state index contributed by atoms with van der Waals surface area (Å²) in [6.07, 6.45) is 0. The van der Waals surface area contributed by atoms with Gasteiger partial charge in [0.05, 0.1) is 13.4 Å². The van der Waals surface area contributed by atoms with E-state index in [0.29, 0.717) is 0 Å².